The van der Waals surface area contributed by atoms with Gasteiger partial charge in [-0.2, -0.15) is 0 Å². The van der Waals surface area contributed by atoms with E-state index in [9.17, 15) is 14.7 Å². The molecule has 3 N–H and O–H groups in total. The minimum atomic E-state index is -0.286. The number of thiophene rings is 1. The quantitative estimate of drug-likeness (QED) is 0.476. The van der Waals surface area contributed by atoms with Crippen molar-refractivity contribution >= 4 is 39.2 Å². The Balaban J connectivity index is 1.57. The first-order valence-electron chi connectivity index (χ1n) is 10.5. The van der Waals surface area contributed by atoms with Gasteiger partial charge < -0.3 is 20.6 Å². The van der Waals surface area contributed by atoms with Crippen LogP contribution in [-0.2, 0) is 22.6 Å². The largest absolute Gasteiger partial charge is 0.394 e. The minimum absolute atomic E-state index is 0.0674. The van der Waals surface area contributed by atoms with Gasteiger partial charge in [0.15, 0.2) is 0 Å². The average molecular weight is 452 g/mol. The molecule has 1 aliphatic heterocycles. The molecule has 2 aromatic heterocycles. The third kappa shape index (κ3) is 4.63. The number of benzene rings is 1. The van der Waals surface area contributed by atoms with Crippen LogP contribution < -0.4 is 10.6 Å². The number of aliphatic hydroxyl groups excluding tert-OH is 1. The van der Waals surface area contributed by atoms with Gasteiger partial charge >= 0.3 is 0 Å². The maximum atomic E-state index is 12.5. The lowest BCUT2D eigenvalue weighted by Crippen LogP contribution is -2.34. The predicted molar refractivity (Wildman–Crippen MR) is 124 cm³/mol. The fraction of sp³-hybridized carbons (Fsp3) is 0.304. The molecule has 1 atom stereocenters. The van der Waals surface area contributed by atoms with Gasteiger partial charge in [0.05, 0.1) is 24.6 Å². The average Bonchev–Trinajstić information content (AvgIpc) is 3.20. The molecule has 0 unspecified atom stereocenters. The van der Waals surface area contributed by atoms with Crippen molar-refractivity contribution in [3.8, 4) is 0 Å². The molecule has 0 saturated carbocycles. The Morgan fingerprint density at radius 3 is 2.81 bits per heavy atom. The van der Waals surface area contributed by atoms with E-state index in [1.807, 2.05) is 37.3 Å². The van der Waals surface area contributed by atoms with Crippen LogP contribution in [0.4, 0.5) is 5.82 Å². The van der Waals surface area contributed by atoms with Gasteiger partial charge in [0.1, 0.15) is 17.0 Å². The molecule has 32 heavy (non-hydrogen) atoms. The zero-order valence-electron chi connectivity index (χ0n) is 17.7. The van der Waals surface area contributed by atoms with Crippen LogP contribution in [0.3, 0.4) is 0 Å². The van der Waals surface area contributed by atoms with E-state index in [2.05, 4.69) is 20.6 Å². The van der Waals surface area contributed by atoms with Crippen LogP contribution in [0.25, 0.3) is 10.2 Å². The van der Waals surface area contributed by atoms with Crippen LogP contribution in [0, 0.1) is 0 Å². The van der Waals surface area contributed by atoms with Crippen LogP contribution in [0.1, 0.15) is 29.0 Å². The first-order valence-corrected chi connectivity index (χ1v) is 11.3. The van der Waals surface area contributed by atoms with Crippen molar-refractivity contribution in [3.05, 3.63) is 64.8 Å². The lowest BCUT2D eigenvalue weighted by atomic mass is 10.0. The van der Waals surface area contributed by atoms with E-state index in [1.165, 1.54) is 18.5 Å². The van der Waals surface area contributed by atoms with Gasteiger partial charge in [0, 0.05) is 30.1 Å². The lowest BCUT2D eigenvalue weighted by molar-refractivity contribution is -0.127. The number of amides is 2. The van der Waals surface area contributed by atoms with Crippen molar-refractivity contribution in [1.29, 1.82) is 0 Å². The Kier molecular flexibility index (Phi) is 6.77. The number of hydrogen-bond donors (Lipinski definition) is 3. The maximum Gasteiger partial charge on any atom is 0.247 e. The van der Waals surface area contributed by atoms with Crippen LogP contribution in [0.15, 0.2) is 48.8 Å². The Morgan fingerprint density at radius 2 is 2.06 bits per heavy atom. The molecule has 1 aromatic carbocycles. The molecule has 166 valence electrons. The topological polar surface area (TPSA) is 107 Å². The molecule has 1 aliphatic rings. The van der Waals surface area contributed by atoms with E-state index in [4.69, 9.17) is 0 Å². The van der Waals surface area contributed by atoms with E-state index in [0.717, 1.165) is 26.2 Å². The second-order valence-corrected chi connectivity index (χ2v) is 8.52. The smallest absolute Gasteiger partial charge is 0.247 e. The van der Waals surface area contributed by atoms with E-state index in [0.29, 0.717) is 31.9 Å². The summed E-state index contributed by atoms with van der Waals surface area (Å²) < 4.78 is 0. The summed E-state index contributed by atoms with van der Waals surface area (Å²) in [6.45, 7) is 3.30. The lowest BCUT2D eigenvalue weighted by Gasteiger charge is -2.26. The number of likely N-dealkylation sites (N-methyl/N-ethyl adjacent to an activating group) is 1. The number of hydrogen-bond acceptors (Lipinski definition) is 7. The highest BCUT2D eigenvalue weighted by molar-refractivity contribution is 7.19. The number of aliphatic hydroxyl groups is 1. The molecule has 3 heterocycles. The van der Waals surface area contributed by atoms with E-state index in [-0.39, 0.29) is 24.5 Å². The molecule has 2 amide bonds. The molecular formula is C23H25N5O3S. The van der Waals surface area contributed by atoms with Gasteiger partial charge in [-0.1, -0.05) is 30.3 Å². The predicted octanol–water partition coefficient (Wildman–Crippen LogP) is 2.41. The van der Waals surface area contributed by atoms with Crippen molar-refractivity contribution < 1.29 is 14.7 Å². The van der Waals surface area contributed by atoms with Gasteiger partial charge in [-0.25, -0.2) is 9.97 Å². The molecule has 8 nitrogen and oxygen atoms in total. The summed E-state index contributed by atoms with van der Waals surface area (Å²) in [5.41, 5.74) is 2.11. The summed E-state index contributed by atoms with van der Waals surface area (Å²) in [4.78, 5) is 36.7. The van der Waals surface area contributed by atoms with Crippen molar-refractivity contribution in [3.63, 3.8) is 0 Å². The van der Waals surface area contributed by atoms with Gasteiger partial charge in [0.2, 0.25) is 11.8 Å². The van der Waals surface area contributed by atoms with Gasteiger partial charge in [0.25, 0.3) is 0 Å². The SMILES string of the molecule is CCNC(=O)/C=C/C(=O)N1CCc2c(sc3ncnc(N[C@H](CO)c4ccccc4)c23)C1. The van der Waals surface area contributed by atoms with Gasteiger partial charge in [-0.3, -0.25) is 9.59 Å². The number of rotatable bonds is 7. The Hall–Kier alpha value is -3.30. The van der Waals surface area contributed by atoms with E-state index < -0.39 is 0 Å². The number of aromatic nitrogens is 2. The second-order valence-electron chi connectivity index (χ2n) is 7.43. The highest BCUT2D eigenvalue weighted by Crippen LogP contribution is 2.38. The molecular weight excluding hydrogens is 426 g/mol. The first-order chi connectivity index (χ1) is 15.6. The Morgan fingerprint density at radius 1 is 1.25 bits per heavy atom. The van der Waals surface area contributed by atoms with E-state index in [1.54, 1.807) is 16.2 Å². The molecule has 9 heteroatoms. The Bertz CT molecular complexity index is 1150. The van der Waals surface area contributed by atoms with Crippen LogP contribution in [-0.4, -0.2) is 51.5 Å². The summed E-state index contributed by atoms with van der Waals surface area (Å²) in [7, 11) is 0. The second kappa shape index (κ2) is 9.88. The number of anilines is 1. The van der Waals surface area contributed by atoms with Crippen molar-refractivity contribution in [2.24, 2.45) is 0 Å². The van der Waals surface area contributed by atoms with Crippen LogP contribution in [0.5, 0.6) is 0 Å². The molecule has 0 fully saturated rings. The molecule has 0 aliphatic carbocycles. The first kappa shape index (κ1) is 21.9. The minimum Gasteiger partial charge on any atom is -0.394 e. The normalized spacial score (nSPS) is 14.4. The molecule has 4 rings (SSSR count). The van der Waals surface area contributed by atoms with Crippen LogP contribution in [0.2, 0.25) is 0 Å². The zero-order chi connectivity index (χ0) is 22.5. The summed E-state index contributed by atoms with van der Waals surface area (Å²) in [6, 6.07) is 9.46. The number of carbonyl (C=O) groups is 2. The molecule has 0 radical (unpaired) electrons. The summed E-state index contributed by atoms with van der Waals surface area (Å²) >= 11 is 1.55. The number of carbonyl (C=O) groups excluding carboxylic acids is 2. The summed E-state index contributed by atoms with van der Waals surface area (Å²) in [6.07, 6.45) is 4.79. The molecule has 3 aromatic rings. The fourth-order valence-electron chi connectivity index (χ4n) is 3.80. The maximum absolute atomic E-state index is 12.5. The molecule has 0 spiro atoms. The van der Waals surface area contributed by atoms with Gasteiger partial charge in [-0.05, 0) is 24.5 Å². The fourth-order valence-corrected chi connectivity index (χ4v) is 5.00. The van der Waals surface area contributed by atoms with Crippen molar-refractivity contribution in [2.75, 3.05) is 25.0 Å². The highest BCUT2D eigenvalue weighted by Gasteiger charge is 2.26. The monoisotopic (exact) mass is 451 g/mol. The Labute approximate surface area is 190 Å². The third-order valence-corrected chi connectivity index (χ3v) is 6.50. The zero-order valence-corrected chi connectivity index (χ0v) is 18.6. The third-order valence-electron chi connectivity index (χ3n) is 5.37. The highest BCUT2D eigenvalue weighted by atomic mass is 32.1. The summed E-state index contributed by atoms with van der Waals surface area (Å²) in [5, 5.41) is 16.9. The number of nitrogens with zero attached hydrogens (tertiary/aromatic N) is 3. The van der Waals surface area contributed by atoms with Crippen LogP contribution >= 0.6 is 11.3 Å². The standard InChI is InChI=1S/C23H25N5O3S/c1-2-24-19(30)8-9-20(31)28-11-10-16-18(12-28)32-23-21(16)22(25-14-26-23)27-17(13-29)15-6-4-3-5-7-15/h3-9,14,17,29H,2,10-13H2,1H3,(H,24,30)(H,25,26,27)/b9-8+/t17-/m1/s1. The number of fused-ring (bicyclic) bond motifs is 3. The van der Waals surface area contributed by atoms with Crippen molar-refractivity contribution in [2.45, 2.75) is 25.9 Å². The molecule has 0 bridgehead atoms. The summed E-state index contributed by atoms with van der Waals surface area (Å²) in [5.74, 6) is 0.225. The molecule has 0 saturated heterocycles. The van der Waals surface area contributed by atoms with Crippen molar-refractivity contribution in [1.82, 2.24) is 20.2 Å². The van der Waals surface area contributed by atoms with E-state index >= 15 is 0 Å². The van der Waals surface area contributed by atoms with Gasteiger partial charge in [-0.15, -0.1) is 11.3 Å². The number of nitrogens with one attached hydrogen (secondary N) is 2.